The Morgan fingerprint density at radius 1 is 1.38 bits per heavy atom. The third-order valence-electron chi connectivity index (χ3n) is 2.62. The molecule has 2 nitrogen and oxygen atoms in total. The number of aromatic nitrogens is 1. The van der Waals surface area contributed by atoms with Crippen molar-refractivity contribution >= 4 is 23.3 Å². The minimum atomic E-state index is 0.390. The predicted octanol–water partition coefficient (Wildman–Crippen LogP) is 3.47. The van der Waals surface area contributed by atoms with Gasteiger partial charge in [0, 0.05) is 11.1 Å². The number of nitrogens with zero attached hydrogens (tertiary/aromatic N) is 2. The molecule has 1 aromatic carbocycles. The molecule has 79 valence electrons. The van der Waals surface area contributed by atoms with Crippen LogP contribution < -0.4 is 4.90 Å². The van der Waals surface area contributed by atoms with Crippen LogP contribution in [0.3, 0.4) is 0 Å². The number of hydrogen-bond acceptors (Lipinski definition) is 3. The molecule has 0 saturated heterocycles. The summed E-state index contributed by atoms with van der Waals surface area (Å²) in [6.45, 7) is 2.19. The van der Waals surface area contributed by atoms with Crippen LogP contribution in [0.15, 0.2) is 47.5 Å². The second-order valence-corrected chi connectivity index (χ2v) is 5.03. The minimum Gasteiger partial charge on any atom is -0.313 e. The smallest absolute Gasteiger partial charge is 0.133 e. The van der Waals surface area contributed by atoms with Crippen LogP contribution in [0.5, 0.6) is 0 Å². The number of rotatable bonds is 1. The topological polar surface area (TPSA) is 16.1 Å². The van der Waals surface area contributed by atoms with Gasteiger partial charge in [-0.1, -0.05) is 23.9 Å². The van der Waals surface area contributed by atoms with Crippen LogP contribution in [0.25, 0.3) is 0 Å². The van der Waals surface area contributed by atoms with Crippen LogP contribution in [-0.2, 0) is 0 Å². The fourth-order valence-corrected chi connectivity index (χ4v) is 3.05. The van der Waals surface area contributed by atoms with Gasteiger partial charge in [0.05, 0.1) is 11.1 Å². The molecule has 1 aliphatic heterocycles. The van der Waals surface area contributed by atoms with Gasteiger partial charge < -0.3 is 4.90 Å². The lowest BCUT2D eigenvalue weighted by atomic mass is 10.3. The average Bonchev–Trinajstić information content (AvgIpc) is 2.66. The van der Waals surface area contributed by atoms with E-state index in [1.165, 1.54) is 10.6 Å². The van der Waals surface area contributed by atoms with Gasteiger partial charge in [-0.05, 0) is 37.3 Å². The molecule has 0 aliphatic carbocycles. The molecule has 16 heavy (non-hydrogen) atoms. The van der Waals surface area contributed by atoms with Gasteiger partial charge >= 0.3 is 0 Å². The summed E-state index contributed by atoms with van der Waals surface area (Å²) in [6.07, 6.45) is 1.83. The zero-order chi connectivity index (χ0) is 11.0. The molecular formula is C13H11N2S. The van der Waals surface area contributed by atoms with Crippen LogP contribution in [0.1, 0.15) is 6.92 Å². The van der Waals surface area contributed by atoms with Gasteiger partial charge in [-0.2, -0.15) is 0 Å². The standard InChI is InChI=1S/C13H11N2S/c1-10-15(13-8-4-5-9-14-13)11-6-2-3-7-12(11)16-10/h3-10H,1H3. The molecule has 3 rings (SSSR count). The maximum absolute atomic E-state index is 4.41. The second-order valence-electron chi connectivity index (χ2n) is 3.67. The van der Waals surface area contributed by atoms with E-state index >= 15 is 0 Å². The summed E-state index contributed by atoms with van der Waals surface area (Å²) in [5.41, 5.74) is 1.21. The van der Waals surface area contributed by atoms with Crippen LogP contribution >= 0.6 is 11.8 Å². The molecule has 2 aromatic rings. The predicted molar refractivity (Wildman–Crippen MR) is 67.0 cm³/mol. The summed E-state index contributed by atoms with van der Waals surface area (Å²) in [4.78, 5) is 7.96. The van der Waals surface area contributed by atoms with Crippen molar-refractivity contribution in [3.8, 4) is 0 Å². The second kappa shape index (κ2) is 3.83. The van der Waals surface area contributed by atoms with Gasteiger partial charge in [0.15, 0.2) is 0 Å². The van der Waals surface area contributed by atoms with Gasteiger partial charge in [-0.25, -0.2) is 4.98 Å². The Balaban J connectivity index is 2.09. The summed E-state index contributed by atoms with van der Waals surface area (Å²) in [5, 5.41) is 0.390. The van der Waals surface area contributed by atoms with E-state index in [1.54, 1.807) is 0 Å². The van der Waals surface area contributed by atoms with Crippen molar-refractivity contribution in [3.63, 3.8) is 0 Å². The molecule has 1 aromatic heterocycles. The van der Waals surface area contributed by atoms with E-state index < -0.39 is 0 Å². The third kappa shape index (κ3) is 1.48. The molecule has 0 bridgehead atoms. The first kappa shape index (κ1) is 9.73. The zero-order valence-electron chi connectivity index (χ0n) is 8.92. The van der Waals surface area contributed by atoms with Crippen molar-refractivity contribution < 1.29 is 0 Å². The monoisotopic (exact) mass is 227 g/mol. The third-order valence-corrected chi connectivity index (χ3v) is 3.77. The SMILES string of the molecule is CC1Sc2cc[c]cc2N1c1ccccn1. The van der Waals surface area contributed by atoms with Crippen molar-refractivity contribution in [1.29, 1.82) is 0 Å². The number of thioether (sulfide) groups is 1. The highest BCUT2D eigenvalue weighted by molar-refractivity contribution is 8.00. The quantitative estimate of drug-likeness (QED) is 0.742. The fourth-order valence-electron chi connectivity index (χ4n) is 1.93. The Morgan fingerprint density at radius 3 is 3.12 bits per heavy atom. The van der Waals surface area contributed by atoms with E-state index in [1.807, 2.05) is 48.3 Å². The number of anilines is 2. The van der Waals surface area contributed by atoms with Crippen molar-refractivity contribution in [3.05, 3.63) is 48.7 Å². The van der Waals surface area contributed by atoms with Crippen LogP contribution in [0.2, 0.25) is 0 Å². The van der Waals surface area contributed by atoms with E-state index in [-0.39, 0.29) is 0 Å². The highest BCUT2D eigenvalue weighted by Gasteiger charge is 2.27. The molecule has 1 unspecified atom stereocenters. The minimum absolute atomic E-state index is 0.390. The number of hydrogen-bond donors (Lipinski definition) is 0. The normalized spacial score (nSPS) is 18.6. The first-order valence-electron chi connectivity index (χ1n) is 5.23. The summed E-state index contributed by atoms with van der Waals surface area (Å²) in [7, 11) is 0. The van der Waals surface area contributed by atoms with E-state index in [0.717, 1.165) is 5.82 Å². The summed E-state index contributed by atoms with van der Waals surface area (Å²) in [6, 6.07) is 15.2. The molecule has 3 heteroatoms. The molecule has 1 atom stereocenters. The fraction of sp³-hybridized carbons (Fsp3) is 0.154. The summed E-state index contributed by atoms with van der Waals surface area (Å²) in [5.74, 6) is 1.00. The molecule has 0 spiro atoms. The molecular weight excluding hydrogens is 216 g/mol. The van der Waals surface area contributed by atoms with Gasteiger partial charge in [-0.3, -0.25) is 0 Å². The lowest BCUT2D eigenvalue weighted by Crippen LogP contribution is -2.21. The number of fused-ring (bicyclic) bond motifs is 1. The van der Waals surface area contributed by atoms with Gasteiger partial charge in [-0.15, -0.1) is 0 Å². The Bertz CT molecular complexity index is 498. The largest absolute Gasteiger partial charge is 0.313 e. The van der Waals surface area contributed by atoms with E-state index in [2.05, 4.69) is 28.9 Å². The van der Waals surface area contributed by atoms with Crippen molar-refractivity contribution in [2.75, 3.05) is 4.90 Å². The zero-order valence-corrected chi connectivity index (χ0v) is 9.74. The van der Waals surface area contributed by atoms with Crippen molar-refractivity contribution in [1.82, 2.24) is 4.98 Å². The van der Waals surface area contributed by atoms with Gasteiger partial charge in [0.25, 0.3) is 0 Å². The first-order chi connectivity index (χ1) is 7.86. The van der Waals surface area contributed by atoms with Crippen molar-refractivity contribution in [2.45, 2.75) is 17.2 Å². The van der Waals surface area contributed by atoms with Gasteiger partial charge in [0.1, 0.15) is 5.82 Å². The maximum Gasteiger partial charge on any atom is 0.133 e. The Kier molecular flexibility index (Phi) is 2.33. The van der Waals surface area contributed by atoms with Gasteiger partial charge in [0.2, 0.25) is 0 Å². The molecule has 1 radical (unpaired) electrons. The first-order valence-corrected chi connectivity index (χ1v) is 6.11. The molecule has 0 amide bonds. The Hall–Kier alpha value is -1.48. The highest BCUT2D eigenvalue weighted by atomic mass is 32.2. The Morgan fingerprint density at radius 2 is 2.31 bits per heavy atom. The van der Waals surface area contributed by atoms with Crippen molar-refractivity contribution in [2.24, 2.45) is 0 Å². The van der Waals surface area contributed by atoms with E-state index in [9.17, 15) is 0 Å². The number of pyridine rings is 1. The highest BCUT2D eigenvalue weighted by Crippen LogP contribution is 2.46. The maximum atomic E-state index is 4.41. The number of benzene rings is 1. The lowest BCUT2D eigenvalue weighted by Gasteiger charge is -2.22. The van der Waals surface area contributed by atoms with Crippen LogP contribution in [0.4, 0.5) is 11.5 Å². The average molecular weight is 227 g/mol. The molecule has 0 N–H and O–H groups in total. The summed E-state index contributed by atoms with van der Waals surface area (Å²) < 4.78 is 0. The van der Waals surface area contributed by atoms with E-state index in [4.69, 9.17) is 0 Å². The Labute approximate surface area is 99.3 Å². The van der Waals surface area contributed by atoms with E-state index in [0.29, 0.717) is 5.37 Å². The van der Waals surface area contributed by atoms with Crippen LogP contribution in [0, 0.1) is 6.07 Å². The molecule has 0 fully saturated rings. The lowest BCUT2D eigenvalue weighted by molar-refractivity contribution is 0.947. The van der Waals surface area contributed by atoms with Crippen LogP contribution in [-0.4, -0.2) is 10.4 Å². The summed E-state index contributed by atoms with van der Waals surface area (Å²) >= 11 is 1.86. The molecule has 0 saturated carbocycles. The molecule has 2 heterocycles. The molecule has 1 aliphatic rings.